The van der Waals surface area contributed by atoms with E-state index in [0.717, 1.165) is 32.1 Å². The van der Waals surface area contributed by atoms with E-state index in [4.69, 9.17) is 4.74 Å². The van der Waals surface area contributed by atoms with Gasteiger partial charge in [0.1, 0.15) is 0 Å². The van der Waals surface area contributed by atoms with Crippen LogP contribution in [-0.2, 0) is 9.53 Å². The first kappa shape index (κ1) is 16.7. The molecule has 0 aromatic heterocycles. The van der Waals surface area contributed by atoms with Crippen LogP contribution < -0.4 is 0 Å². The highest BCUT2D eigenvalue weighted by molar-refractivity contribution is 5.78. The molecular weight excluding hydrogens is 317 g/mol. The molecular formula is C19H27F3O2. The fourth-order valence-corrected chi connectivity index (χ4v) is 6.35. The van der Waals surface area contributed by atoms with Gasteiger partial charge in [0.2, 0.25) is 5.60 Å². The highest BCUT2D eigenvalue weighted by atomic mass is 19.4. The molecule has 2 nitrogen and oxygen atoms in total. The van der Waals surface area contributed by atoms with Crippen LogP contribution in [0, 0.1) is 29.1 Å². The monoisotopic (exact) mass is 344 g/mol. The van der Waals surface area contributed by atoms with Crippen molar-refractivity contribution in [2.75, 3.05) is 0 Å². The van der Waals surface area contributed by atoms with Crippen LogP contribution >= 0.6 is 0 Å². The summed E-state index contributed by atoms with van der Waals surface area (Å²) in [4.78, 5) is 13.1. The summed E-state index contributed by atoms with van der Waals surface area (Å²) in [6, 6.07) is 0. The molecule has 0 amide bonds. The van der Waals surface area contributed by atoms with Crippen LogP contribution in [0.5, 0.6) is 0 Å². The Bertz CT molecular complexity index is 491. The summed E-state index contributed by atoms with van der Waals surface area (Å²) in [5.74, 6) is 1.24. The van der Waals surface area contributed by atoms with Crippen LogP contribution in [0.25, 0.3) is 0 Å². The summed E-state index contributed by atoms with van der Waals surface area (Å²) in [7, 11) is 0. The molecule has 5 rings (SSSR count). The summed E-state index contributed by atoms with van der Waals surface area (Å²) < 4.78 is 46.6. The first-order valence-electron chi connectivity index (χ1n) is 9.55. The highest BCUT2D eigenvalue weighted by Crippen LogP contribution is 2.63. The maximum Gasteiger partial charge on any atom is 0.428 e. The smallest absolute Gasteiger partial charge is 0.428 e. The van der Waals surface area contributed by atoms with Gasteiger partial charge in [-0.3, -0.25) is 4.79 Å². The molecule has 0 aromatic rings. The molecule has 5 heteroatoms. The minimum Gasteiger partial charge on any atom is -0.449 e. The van der Waals surface area contributed by atoms with E-state index < -0.39 is 23.2 Å². The van der Waals surface area contributed by atoms with Crippen molar-refractivity contribution in [1.82, 2.24) is 0 Å². The van der Waals surface area contributed by atoms with Gasteiger partial charge in [-0.2, -0.15) is 13.2 Å². The third-order valence-electron chi connectivity index (χ3n) is 7.74. The minimum atomic E-state index is -4.47. The van der Waals surface area contributed by atoms with Crippen LogP contribution in [0.1, 0.15) is 71.1 Å². The van der Waals surface area contributed by atoms with E-state index in [1.54, 1.807) is 0 Å². The summed E-state index contributed by atoms with van der Waals surface area (Å²) in [6.45, 7) is 1.90. The normalized spacial score (nSPS) is 43.7. The maximum atomic E-state index is 13.7. The van der Waals surface area contributed by atoms with E-state index in [1.165, 1.54) is 6.42 Å². The molecule has 0 atom stereocenters. The maximum absolute atomic E-state index is 13.7. The standard InChI is InChI=1S/C19H27F3O2/c1-17(14-8-12-7-13(10-14)11-15(17)9-12)16(23)24-18(19(20,21)22)5-3-2-4-6-18/h12-15H,2-11H2,1H3. The van der Waals surface area contributed by atoms with E-state index in [2.05, 4.69) is 0 Å². The van der Waals surface area contributed by atoms with Crippen molar-refractivity contribution in [3.05, 3.63) is 0 Å². The Balaban J connectivity index is 1.59. The third-order valence-corrected chi connectivity index (χ3v) is 7.74. The number of alkyl halides is 3. The molecule has 4 bridgehead atoms. The average molecular weight is 344 g/mol. The van der Waals surface area contributed by atoms with Gasteiger partial charge < -0.3 is 4.74 Å². The van der Waals surface area contributed by atoms with Gasteiger partial charge >= 0.3 is 12.1 Å². The molecule has 5 aliphatic carbocycles. The molecule has 0 heterocycles. The second-order valence-corrected chi connectivity index (χ2v) is 9.03. The second-order valence-electron chi connectivity index (χ2n) is 9.03. The van der Waals surface area contributed by atoms with Gasteiger partial charge in [0.15, 0.2) is 0 Å². The number of rotatable bonds is 2. The molecule has 0 aliphatic heterocycles. The lowest BCUT2D eigenvalue weighted by molar-refractivity contribution is -0.287. The van der Waals surface area contributed by atoms with E-state index in [9.17, 15) is 18.0 Å². The first-order valence-corrected chi connectivity index (χ1v) is 9.55. The molecule has 0 aromatic carbocycles. The van der Waals surface area contributed by atoms with Gasteiger partial charge in [0.05, 0.1) is 5.41 Å². The van der Waals surface area contributed by atoms with E-state index >= 15 is 0 Å². The topological polar surface area (TPSA) is 26.3 Å². The summed E-state index contributed by atoms with van der Waals surface area (Å²) >= 11 is 0. The van der Waals surface area contributed by atoms with Gasteiger partial charge in [-0.05, 0) is 88.4 Å². The molecule has 24 heavy (non-hydrogen) atoms. The zero-order chi connectivity index (χ0) is 17.2. The number of hydrogen-bond acceptors (Lipinski definition) is 2. The van der Waals surface area contributed by atoms with Crippen LogP contribution in [0.4, 0.5) is 13.2 Å². The zero-order valence-electron chi connectivity index (χ0n) is 14.3. The van der Waals surface area contributed by atoms with Gasteiger partial charge in [0.25, 0.3) is 0 Å². The van der Waals surface area contributed by atoms with Gasteiger partial charge in [-0.25, -0.2) is 0 Å². The van der Waals surface area contributed by atoms with Crippen molar-refractivity contribution in [3.8, 4) is 0 Å². The average Bonchev–Trinajstić information content (AvgIpc) is 2.51. The fraction of sp³-hybridized carbons (Fsp3) is 0.947. The van der Waals surface area contributed by atoms with Crippen LogP contribution in [-0.4, -0.2) is 17.7 Å². The lowest BCUT2D eigenvalue weighted by Gasteiger charge is -2.59. The van der Waals surface area contributed by atoms with Crippen LogP contribution in [0.2, 0.25) is 0 Å². The molecule has 5 fully saturated rings. The number of hydrogen-bond donors (Lipinski definition) is 0. The summed E-state index contributed by atoms with van der Waals surface area (Å²) in [5.41, 5.74) is -2.94. The van der Waals surface area contributed by atoms with Crippen molar-refractivity contribution in [1.29, 1.82) is 0 Å². The molecule has 0 radical (unpaired) electrons. The van der Waals surface area contributed by atoms with E-state index in [0.29, 0.717) is 24.7 Å². The van der Waals surface area contributed by atoms with Crippen LogP contribution in [0.3, 0.4) is 0 Å². The minimum absolute atomic E-state index is 0.0705. The number of halogens is 3. The van der Waals surface area contributed by atoms with Crippen LogP contribution in [0.15, 0.2) is 0 Å². The number of esters is 1. The number of carbonyl (C=O) groups is 1. The fourth-order valence-electron chi connectivity index (χ4n) is 6.35. The Labute approximate surface area is 141 Å². The first-order chi connectivity index (χ1) is 11.2. The SMILES string of the molecule is CC1(C(=O)OC2(C(F)(F)F)CCCCC2)C2CC3CC(C2)CC1C3. The molecule has 0 N–H and O–H groups in total. The van der Waals surface area contributed by atoms with Gasteiger partial charge in [0, 0.05) is 0 Å². The van der Waals surface area contributed by atoms with Gasteiger partial charge in [-0.1, -0.05) is 6.42 Å². The summed E-state index contributed by atoms with van der Waals surface area (Å²) in [5, 5.41) is 0. The molecule has 0 spiro atoms. The lowest BCUT2D eigenvalue weighted by atomic mass is 9.46. The molecule has 5 saturated carbocycles. The largest absolute Gasteiger partial charge is 0.449 e. The zero-order valence-corrected chi connectivity index (χ0v) is 14.3. The molecule has 0 saturated heterocycles. The van der Waals surface area contributed by atoms with Crippen molar-refractivity contribution in [2.24, 2.45) is 29.1 Å². The number of carbonyl (C=O) groups excluding carboxylic acids is 1. The predicted octanol–water partition coefficient (Wildman–Crippen LogP) is 5.26. The Kier molecular flexibility index (Phi) is 3.74. The Morgan fingerprint density at radius 2 is 1.42 bits per heavy atom. The Morgan fingerprint density at radius 1 is 0.917 bits per heavy atom. The van der Waals surface area contributed by atoms with E-state index in [-0.39, 0.29) is 24.7 Å². The quantitative estimate of drug-likeness (QED) is 0.639. The Morgan fingerprint density at radius 3 is 1.88 bits per heavy atom. The van der Waals surface area contributed by atoms with Crippen molar-refractivity contribution in [3.63, 3.8) is 0 Å². The lowest BCUT2D eigenvalue weighted by Crippen LogP contribution is -2.59. The van der Waals surface area contributed by atoms with Gasteiger partial charge in [-0.15, -0.1) is 0 Å². The second kappa shape index (κ2) is 5.38. The van der Waals surface area contributed by atoms with Crippen molar-refractivity contribution < 1.29 is 22.7 Å². The Hall–Kier alpha value is -0.740. The van der Waals surface area contributed by atoms with E-state index in [1.807, 2.05) is 6.92 Å². The summed E-state index contributed by atoms with van der Waals surface area (Å²) in [6.07, 6.45) is 2.40. The number of ether oxygens (including phenoxy) is 1. The highest BCUT2D eigenvalue weighted by Gasteiger charge is 2.63. The third kappa shape index (κ3) is 2.33. The molecule has 136 valence electrons. The van der Waals surface area contributed by atoms with Crippen molar-refractivity contribution >= 4 is 5.97 Å². The van der Waals surface area contributed by atoms with Crippen molar-refractivity contribution in [2.45, 2.75) is 82.9 Å². The molecule has 0 unspecified atom stereocenters. The molecule has 5 aliphatic rings. The predicted molar refractivity (Wildman–Crippen MR) is 83.1 cm³/mol.